The minimum Gasteiger partial charge on any atom is -0.354 e. The van der Waals surface area contributed by atoms with Crippen molar-refractivity contribution in [2.75, 3.05) is 12.3 Å². The first-order valence-corrected chi connectivity index (χ1v) is 12.2. The van der Waals surface area contributed by atoms with Gasteiger partial charge in [-0.2, -0.15) is 0 Å². The number of carbonyl (C=O) groups excluding carboxylic acids is 2. The van der Waals surface area contributed by atoms with Gasteiger partial charge in [0.25, 0.3) is 0 Å². The van der Waals surface area contributed by atoms with E-state index in [9.17, 15) is 9.59 Å². The number of hydrogen-bond acceptors (Lipinski definition) is 3. The number of nitrogens with zero attached hydrogens (tertiary/aromatic N) is 1. The standard InChI is InChI=1S/C24H30Cl2N2O2S/c1-16(2)12-27-24(30)18(4)28(13-19-7-5-6-17(3)10-19)23(29)15-31-14-20-8-9-21(25)11-22(20)26/h5-11,16,18H,12-15H2,1-4H3,(H,27,30)/t18-/m1/s1. The summed E-state index contributed by atoms with van der Waals surface area (Å²) in [5.41, 5.74) is 3.05. The monoisotopic (exact) mass is 480 g/mol. The second kappa shape index (κ2) is 12.4. The third kappa shape index (κ3) is 8.40. The fraction of sp³-hybridized carbons (Fsp3) is 0.417. The first-order chi connectivity index (χ1) is 14.7. The maximum Gasteiger partial charge on any atom is 0.242 e. The maximum atomic E-state index is 13.1. The van der Waals surface area contributed by atoms with Gasteiger partial charge in [0.05, 0.1) is 5.75 Å². The van der Waals surface area contributed by atoms with Crippen molar-refractivity contribution in [3.05, 3.63) is 69.2 Å². The molecular weight excluding hydrogens is 451 g/mol. The van der Waals surface area contributed by atoms with E-state index in [4.69, 9.17) is 23.2 Å². The number of carbonyl (C=O) groups is 2. The quantitative estimate of drug-likeness (QED) is 0.472. The van der Waals surface area contributed by atoms with E-state index in [1.165, 1.54) is 11.8 Å². The van der Waals surface area contributed by atoms with E-state index < -0.39 is 6.04 Å². The molecule has 2 aromatic rings. The van der Waals surface area contributed by atoms with Crippen LogP contribution in [0.5, 0.6) is 0 Å². The molecule has 0 bridgehead atoms. The van der Waals surface area contributed by atoms with Crippen molar-refractivity contribution in [2.45, 2.75) is 46.0 Å². The lowest BCUT2D eigenvalue weighted by Crippen LogP contribution is -2.48. The summed E-state index contributed by atoms with van der Waals surface area (Å²) in [6.07, 6.45) is 0. The largest absolute Gasteiger partial charge is 0.354 e. The van der Waals surface area contributed by atoms with Crippen LogP contribution in [0.4, 0.5) is 0 Å². The molecule has 0 aliphatic carbocycles. The summed E-state index contributed by atoms with van der Waals surface area (Å²) < 4.78 is 0. The van der Waals surface area contributed by atoms with Crippen LogP contribution in [-0.2, 0) is 21.9 Å². The molecule has 0 unspecified atom stereocenters. The Bertz CT molecular complexity index is 905. The molecule has 1 atom stereocenters. The van der Waals surface area contributed by atoms with Crippen LogP contribution in [-0.4, -0.2) is 35.1 Å². The highest BCUT2D eigenvalue weighted by Crippen LogP contribution is 2.25. The summed E-state index contributed by atoms with van der Waals surface area (Å²) >= 11 is 13.7. The third-order valence-corrected chi connectivity index (χ3v) is 6.34. The molecule has 0 saturated carbocycles. The van der Waals surface area contributed by atoms with E-state index >= 15 is 0 Å². The molecule has 0 aliphatic heterocycles. The number of hydrogen-bond donors (Lipinski definition) is 1. The average molecular weight is 481 g/mol. The molecule has 1 N–H and O–H groups in total. The molecule has 0 saturated heterocycles. The molecule has 0 radical (unpaired) electrons. The molecule has 0 spiro atoms. The van der Waals surface area contributed by atoms with Gasteiger partial charge in [0, 0.05) is 28.9 Å². The summed E-state index contributed by atoms with van der Waals surface area (Å²) in [6.45, 7) is 8.85. The predicted octanol–water partition coefficient (Wildman–Crippen LogP) is 5.72. The van der Waals surface area contributed by atoms with E-state index in [1.54, 1.807) is 24.0 Å². The van der Waals surface area contributed by atoms with Crippen molar-refractivity contribution in [3.63, 3.8) is 0 Å². The van der Waals surface area contributed by atoms with E-state index in [-0.39, 0.29) is 17.6 Å². The second-order valence-electron chi connectivity index (χ2n) is 8.05. The van der Waals surface area contributed by atoms with Crippen LogP contribution >= 0.6 is 35.0 Å². The highest BCUT2D eigenvalue weighted by Gasteiger charge is 2.26. The molecule has 0 fully saturated rings. The Morgan fingerprint density at radius 3 is 2.48 bits per heavy atom. The van der Waals surface area contributed by atoms with Gasteiger partial charge in [-0.15, -0.1) is 11.8 Å². The van der Waals surface area contributed by atoms with Gasteiger partial charge in [-0.1, -0.05) is 72.9 Å². The number of amides is 2. The fourth-order valence-electron chi connectivity index (χ4n) is 3.01. The van der Waals surface area contributed by atoms with Gasteiger partial charge >= 0.3 is 0 Å². The zero-order valence-corrected chi connectivity index (χ0v) is 20.8. The van der Waals surface area contributed by atoms with Gasteiger partial charge in [-0.05, 0) is 43.0 Å². The Labute approximate surface area is 199 Å². The molecule has 0 aromatic heterocycles. The number of halogens is 2. The first kappa shape index (κ1) is 25.6. The fourth-order valence-corrected chi connectivity index (χ4v) is 4.48. The van der Waals surface area contributed by atoms with Gasteiger partial charge < -0.3 is 10.2 Å². The highest BCUT2D eigenvalue weighted by molar-refractivity contribution is 7.99. The van der Waals surface area contributed by atoms with Crippen molar-refractivity contribution in [2.24, 2.45) is 5.92 Å². The predicted molar refractivity (Wildman–Crippen MR) is 132 cm³/mol. The minimum atomic E-state index is -0.563. The van der Waals surface area contributed by atoms with Crippen LogP contribution in [0.1, 0.15) is 37.5 Å². The minimum absolute atomic E-state index is 0.0798. The topological polar surface area (TPSA) is 49.4 Å². The van der Waals surface area contributed by atoms with E-state index in [2.05, 4.69) is 5.32 Å². The second-order valence-corrected chi connectivity index (χ2v) is 9.88. The van der Waals surface area contributed by atoms with Crippen molar-refractivity contribution in [1.29, 1.82) is 0 Å². The molecular formula is C24H30Cl2N2O2S. The van der Waals surface area contributed by atoms with Crippen LogP contribution in [0, 0.1) is 12.8 Å². The van der Waals surface area contributed by atoms with Gasteiger partial charge in [0.2, 0.25) is 11.8 Å². The van der Waals surface area contributed by atoms with E-state index in [0.717, 1.165) is 16.7 Å². The van der Waals surface area contributed by atoms with Crippen molar-refractivity contribution < 1.29 is 9.59 Å². The molecule has 4 nitrogen and oxygen atoms in total. The molecule has 168 valence electrons. The molecule has 0 aliphatic rings. The smallest absolute Gasteiger partial charge is 0.242 e. The van der Waals surface area contributed by atoms with E-state index in [0.29, 0.717) is 34.8 Å². The Morgan fingerprint density at radius 2 is 1.84 bits per heavy atom. The van der Waals surface area contributed by atoms with Crippen LogP contribution in [0.3, 0.4) is 0 Å². The summed E-state index contributed by atoms with van der Waals surface area (Å²) in [7, 11) is 0. The summed E-state index contributed by atoms with van der Waals surface area (Å²) in [5.74, 6) is 0.974. The number of rotatable bonds is 10. The molecule has 7 heteroatoms. The van der Waals surface area contributed by atoms with Gasteiger partial charge in [0.15, 0.2) is 0 Å². The maximum absolute atomic E-state index is 13.1. The van der Waals surface area contributed by atoms with Crippen molar-refractivity contribution in [3.8, 4) is 0 Å². The third-order valence-electron chi connectivity index (χ3n) is 4.79. The van der Waals surface area contributed by atoms with Gasteiger partial charge in [-0.25, -0.2) is 0 Å². The average Bonchev–Trinajstić information content (AvgIpc) is 2.71. The Kier molecular flexibility index (Phi) is 10.2. The van der Waals surface area contributed by atoms with E-state index in [1.807, 2.05) is 51.1 Å². The Morgan fingerprint density at radius 1 is 1.10 bits per heavy atom. The molecule has 31 heavy (non-hydrogen) atoms. The summed E-state index contributed by atoms with van der Waals surface area (Å²) in [5, 5.41) is 4.11. The normalized spacial score (nSPS) is 12.0. The molecule has 0 heterocycles. The van der Waals surface area contributed by atoms with Gasteiger partial charge in [0.1, 0.15) is 6.04 Å². The molecule has 2 amide bonds. The first-order valence-electron chi connectivity index (χ1n) is 10.3. The number of aryl methyl sites for hydroxylation is 1. The Balaban J connectivity index is 2.08. The SMILES string of the molecule is Cc1cccc(CN(C(=O)CSCc2ccc(Cl)cc2Cl)[C@H](C)C(=O)NCC(C)C)c1. The highest BCUT2D eigenvalue weighted by atomic mass is 35.5. The molecule has 2 aromatic carbocycles. The molecule has 2 rings (SSSR count). The van der Waals surface area contributed by atoms with Crippen molar-refractivity contribution >= 4 is 46.8 Å². The van der Waals surface area contributed by atoms with Crippen LogP contribution in [0.2, 0.25) is 10.0 Å². The summed E-state index contributed by atoms with van der Waals surface area (Å²) in [6, 6.07) is 12.8. The lowest BCUT2D eigenvalue weighted by Gasteiger charge is -2.29. The van der Waals surface area contributed by atoms with Gasteiger partial charge in [-0.3, -0.25) is 9.59 Å². The Hall–Kier alpha value is -1.69. The van der Waals surface area contributed by atoms with Crippen LogP contribution in [0.25, 0.3) is 0 Å². The zero-order chi connectivity index (χ0) is 23.0. The number of thioether (sulfide) groups is 1. The lowest BCUT2D eigenvalue weighted by atomic mass is 10.1. The number of benzene rings is 2. The van der Waals surface area contributed by atoms with Crippen LogP contribution < -0.4 is 5.32 Å². The zero-order valence-electron chi connectivity index (χ0n) is 18.5. The number of nitrogens with one attached hydrogen (secondary N) is 1. The van der Waals surface area contributed by atoms with Crippen molar-refractivity contribution in [1.82, 2.24) is 10.2 Å². The lowest BCUT2D eigenvalue weighted by molar-refractivity contribution is -0.138. The summed E-state index contributed by atoms with van der Waals surface area (Å²) in [4.78, 5) is 27.5. The van der Waals surface area contributed by atoms with Crippen LogP contribution in [0.15, 0.2) is 42.5 Å².